The van der Waals surface area contributed by atoms with Gasteiger partial charge in [0.15, 0.2) is 5.82 Å². The van der Waals surface area contributed by atoms with Crippen molar-refractivity contribution < 1.29 is 18.3 Å². The van der Waals surface area contributed by atoms with E-state index in [2.05, 4.69) is 25.0 Å². The maximum Gasteiger partial charge on any atom is 0.410 e. The first-order valence-electron chi connectivity index (χ1n) is 11.8. The Labute approximate surface area is 211 Å². The fourth-order valence-corrected chi connectivity index (χ4v) is 4.00. The Kier molecular flexibility index (Phi) is 6.40. The predicted molar refractivity (Wildman–Crippen MR) is 133 cm³/mol. The lowest BCUT2D eigenvalue weighted by atomic mass is 10.2. The van der Waals surface area contributed by atoms with Crippen molar-refractivity contribution in [2.24, 2.45) is 0 Å². The number of hydrogen-bond donors (Lipinski definition) is 0. The van der Waals surface area contributed by atoms with Crippen LogP contribution in [0.15, 0.2) is 49.1 Å². The fourth-order valence-electron chi connectivity index (χ4n) is 4.00. The van der Waals surface area contributed by atoms with Gasteiger partial charge in [0.05, 0.1) is 29.8 Å². The number of halogens is 2. The molecule has 10 nitrogen and oxygen atoms in total. The molecule has 1 aliphatic heterocycles. The molecule has 0 aliphatic carbocycles. The van der Waals surface area contributed by atoms with Crippen molar-refractivity contribution in [1.29, 1.82) is 0 Å². The molecule has 0 unspecified atom stereocenters. The van der Waals surface area contributed by atoms with Gasteiger partial charge in [-0.15, -0.1) is 0 Å². The van der Waals surface area contributed by atoms with Gasteiger partial charge in [0, 0.05) is 37.8 Å². The van der Waals surface area contributed by atoms with Crippen molar-refractivity contribution in [2.75, 3.05) is 31.1 Å². The number of carbonyl (C=O) groups is 1. The number of anilines is 1. The van der Waals surface area contributed by atoms with Gasteiger partial charge in [-0.05, 0) is 39.0 Å². The molecule has 37 heavy (non-hydrogen) atoms. The van der Waals surface area contributed by atoms with E-state index in [1.54, 1.807) is 28.0 Å². The maximum atomic E-state index is 13.1. The monoisotopic (exact) mass is 508 g/mol. The van der Waals surface area contributed by atoms with E-state index in [1.165, 1.54) is 6.20 Å². The van der Waals surface area contributed by atoms with Gasteiger partial charge in [-0.3, -0.25) is 9.97 Å². The quantitative estimate of drug-likeness (QED) is 0.403. The molecule has 0 atom stereocenters. The Morgan fingerprint density at radius 1 is 0.973 bits per heavy atom. The number of amides is 1. The van der Waals surface area contributed by atoms with E-state index in [-0.39, 0.29) is 11.8 Å². The van der Waals surface area contributed by atoms with Gasteiger partial charge in [-0.25, -0.2) is 28.2 Å². The largest absolute Gasteiger partial charge is 0.444 e. The molecule has 1 amide bonds. The molecule has 1 saturated heterocycles. The lowest BCUT2D eigenvalue weighted by molar-refractivity contribution is 0.0240. The summed E-state index contributed by atoms with van der Waals surface area (Å²) in [6, 6.07) is 7.38. The van der Waals surface area contributed by atoms with Crippen LogP contribution in [0.5, 0.6) is 0 Å². The van der Waals surface area contributed by atoms with Crippen LogP contribution in [0.4, 0.5) is 19.4 Å². The molecule has 0 spiro atoms. The number of carbonyl (C=O) groups excluding carboxylic acids is 1. The second-order valence-electron chi connectivity index (χ2n) is 9.62. The van der Waals surface area contributed by atoms with E-state index in [0.29, 0.717) is 43.2 Å². The molecular weight excluding hydrogens is 482 g/mol. The van der Waals surface area contributed by atoms with Gasteiger partial charge in [-0.2, -0.15) is 5.10 Å². The highest BCUT2D eigenvalue weighted by atomic mass is 19.3. The van der Waals surface area contributed by atoms with E-state index in [9.17, 15) is 13.6 Å². The second kappa shape index (κ2) is 9.68. The lowest BCUT2D eigenvalue weighted by Crippen LogP contribution is -2.50. The Balaban J connectivity index is 1.38. The third-order valence-electron chi connectivity index (χ3n) is 5.78. The summed E-state index contributed by atoms with van der Waals surface area (Å²) in [5, 5.41) is 5.24. The number of ether oxygens (including phenoxy) is 1. The molecule has 4 aromatic heterocycles. The van der Waals surface area contributed by atoms with Gasteiger partial charge in [0.2, 0.25) is 0 Å². The van der Waals surface area contributed by atoms with E-state index in [4.69, 9.17) is 9.72 Å². The smallest absolute Gasteiger partial charge is 0.410 e. The average molecular weight is 509 g/mol. The molecule has 5 rings (SSSR count). The second-order valence-corrected chi connectivity index (χ2v) is 9.62. The van der Waals surface area contributed by atoms with Gasteiger partial charge in [0.1, 0.15) is 22.8 Å². The highest BCUT2D eigenvalue weighted by Gasteiger charge is 2.26. The number of piperazine rings is 1. The minimum Gasteiger partial charge on any atom is -0.444 e. The lowest BCUT2D eigenvalue weighted by Gasteiger charge is -2.36. The summed E-state index contributed by atoms with van der Waals surface area (Å²) in [4.78, 5) is 33.2. The minimum atomic E-state index is -2.72. The van der Waals surface area contributed by atoms with Crippen LogP contribution in [0, 0.1) is 0 Å². The van der Waals surface area contributed by atoms with E-state index in [1.807, 2.05) is 39.0 Å². The molecule has 0 aromatic carbocycles. The maximum absolute atomic E-state index is 13.1. The Hall–Kier alpha value is -4.22. The first-order chi connectivity index (χ1) is 17.7. The van der Waals surface area contributed by atoms with Crippen LogP contribution in [0.1, 0.15) is 32.9 Å². The van der Waals surface area contributed by atoms with Gasteiger partial charge in [0.25, 0.3) is 6.43 Å². The van der Waals surface area contributed by atoms with Crippen molar-refractivity contribution in [1.82, 2.24) is 34.6 Å². The SMILES string of the molecule is CC(C)(C)OC(=O)N1CCN(c2cccc(-n3ncc4cnc(-c5cncc(C(F)F)n5)cc43)n2)CC1. The summed E-state index contributed by atoms with van der Waals surface area (Å²) < 4.78 is 33.3. The number of fused-ring (bicyclic) bond motifs is 1. The van der Waals surface area contributed by atoms with Crippen LogP contribution in [-0.2, 0) is 4.74 Å². The number of nitrogens with zero attached hydrogens (tertiary/aromatic N) is 8. The number of rotatable bonds is 4. The van der Waals surface area contributed by atoms with Crippen molar-refractivity contribution in [3.63, 3.8) is 0 Å². The van der Waals surface area contributed by atoms with Crippen molar-refractivity contribution >= 4 is 22.8 Å². The van der Waals surface area contributed by atoms with Crippen LogP contribution in [0.3, 0.4) is 0 Å². The Bertz CT molecular complexity index is 1430. The standard InChI is InChI=1S/C25H26F2N8O2/c1-25(2,3)37-24(36)34-9-7-33(8-10-34)21-5-4-6-22(32-21)35-20-11-17(29-12-16(20)13-30-35)18-14-28-15-19(31-18)23(26)27/h4-6,11-15,23H,7-10H2,1-3H3. The van der Waals surface area contributed by atoms with Gasteiger partial charge in [-0.1, -0.05) is 6.07 Å². The molecule has 0 saturated carbocycles. The average Bonchev–Trinajstić information content (AvgIpc) is 3.31. The van der Waals surface area contributed by atoms with E-state index >= 15 is 0 Å². The molecule has 0 bridgehead atoms. The summed E-state index contributed by atoms with van der Waals surface area (Å²) in [5.41, 5.74) is 0.406. The first-order valence-corrected chi connectivity index (χ1v) is 11.8. The molecule has 5 heterocycles. The van der Waals surface area contributed by atoms with E-state index < -0.39 is 17.7 Å². The molecule has 0 radical (unpaired) electrons. The zero-order valence-corrected chi connectivity index (χ0v) is 20.7. The summed E-state index contributed by atoms with van der Waals surface area (Å²) in [6.07, 6.45) is 2.69. The third-order valence-corrected chi connectivity index (χ3v) is 5.78. The number of alkyl halides is 2. The summed E-state index contributed by atoms with van der Waals surface area (Å²) >= 11 is 0. The third kappa shape index (κ3) is 5.32. The van der Waals surface area contributed by atoms with Crippen molar-refractivity contribution in [3.8, 4) is 17.2 Å². The van der Waals surface area contributed by atoms with Crippen LogP contribution in [0.2, 0.25) is 0 Å². The van der Waals surface area contributed by atoms with Gasteiger partial charge < -0.3 is 14.5 Å². The predicted octanol–water partition coefficient (Wildman–Crippen LogP) is 4.27. The number of pyridine rings is 2. The summed E-state index contributed by atoms with van der Waals surface area (Å²) in [6.45, 7) is 7.83. The highest BCUT2D eigenvalue weighted by Crippen LogP contribution is 2.25. The normalized spacial score (nSPS) is 14.4. The molecular formula is C25H26F2N8O2. The summed E-state index contributed by atoms with van der Waals surface area (Å²) in [7, 11) is 0. The Morgan fingerprint density at radius 2 is 1.73 bits per heavy atom. The summed E-state index contributed by atoms with van der Waals surface area (Å²) in [5.74, 6) is 1.35. The van der Waals surface area contributed by atoms with Crippen LogP contribution >= 0.6 is 0 Å². The van der Waals surface area contributed by atoms with Crippen LogP contribution < -0.4 is 4.90 Å². The molecule has 0 N–H and O–H groups in total. The highest BCUT2D eigenvalue weighted by molar-refractivity contribution is 5.82. The first kappa shape index (κ1) is 24.5. The zero-order valence-electron chi connectivity index (χ0n) is 20.7. The number of hydrogen-bond acceptors (Lipinski definition) is 8. The van der Waals surface area contributed by atoms with Crippen LogP contribution in [0.25, 0.3) is 28.1 Å². The van der Waals surface area contributed by atoms with E-state index in [0.717, 1.165) is 17.4 Å². The molecule has 1 aliphatic rings. The molecule has 1 fully saturated rings. The van der Waals surface area contributed by atoms with Crippen molar-refractivity contribution in [2.45, 2.75) is 32.8 Å². The van der Waals surface area contributed by atoms with Crippen molar-refractivity contribution in [3.05, 3.63) is 54.7 Å². The molecule has 4 aromatic rings. The number of aromatic nitrogens is 6. The minimum absolute atomic E-state index is 0.247. The van der Waals surface area contributed by atoms with Gasteiger partial charge >= 0.3 is 6.09 Å². The van der Waals surface area contributed by atoms with Crippen LogP contribution in [-0.4, -0.2) is 72.5 Å². The topological polar surface area (TPSA) is 102 Å². The molecule has 192 valence electrons. The molecule has 12 heteroatoms. The fraction of sp³-hybridized carbons (Fsp3) is 0.360. The Morgan fingerprint density at radius 3 is 2.46 bits per heavy atom. The zero-order chi connectivity index (χ0) is 26.2.